The summed E-state index contributed by atoms with van der Waals surface area (Å²) in [6.07, 6.45) is 4.69. The molecular weight excluding hydrogens is 364 g/mol. The number of fused-ring (bicyclic) bond motifs is 2. The van der Waals surface area contributed by atoms with Gasteiger partial charge in [0.1, 0.15) is 17.0 Å². The van der Waals surface area contributed by atoms with Crippen LogP contribution in [0.1, 0.15) is 10.4 Å². The average molecular weight is 385 g/mol. The van der Waals surface area contributed by atoms with E-state index in [1.807, 2.05) is 6.07 Å². The van der Waals surface area contributed by atoms with E-state index in [9.17, 15) is 0 Å². The molecule has 0 aliphatic carbocycles. The first-order valence-electron chi connectivity index (χ1n) is 9.39. The number of aromatic amines is 1. The van der Waals surface area contributed by atoms with Crippen molar-refractivity contribution in [3.63, 3.8) is 0 Å². The van der Waals surface area contributed by atoms with Gasteiger partial charge in [0.15, 0.2) is 0 Å². The van der Waals surface area contributed by atoms with Crippen LogP contribution in [0.2, 0.25) is 0 Å². The van der Waals surface area contributed by atoms with Gasteiger partial charge in [0.2, 0.25) is 0 Å². The second-order valence-corrected chi connectivity index (χ2v) is 8.04. The number of para-hydroxylation sites is 1. The molecular formula is C23H20N4S. The minimum absolute atomic E-state index is 0.817. The fourth-order valence-electron chi connectivity index (χ4n) is 3.78. The summed E-state index contributed by atoms with van der Waals surface area (Å²) < 4.78 is 0. The highest BCUT2D eigenvalue weighted by molar-refractivity contribution is 7.19. The molecule has 0 spiro atoms. The molecule has 2 N–H and O–H groups in total. The van der Waals surface area contributed by atoms with Crippen LogP contribution in [-0.2, 0) is 6.42 Å². The normalized spacial score (nSPS) is 11.3. The molecule has 5 heteroatoms. The predicted octanol–water partition coefficient (Wildman–Crippen LogP) is 5.80. The first-order chi connectivity index (χ1) is 13.8. The number of thiophene rings is 1. The molecule has 0 aliphatic heterocycles. The van der Waals surface area contributed by atoms with E-state index in [1.54, 1.807) is 17.7 Å². The molecule has 0 amide bonds. The molecule has 5 aromatic rings. The van der Waals surface area contributed by atoms with Crippen molar-refractivity contribution >= 4 is 38.3 Å². The molecule has 28 heavy (non-hydrogen) atoms. The van der Waals surface area contributed by atoms with E-state index in [-0.39, 0.29) is 0 Å². The Morgan fingerprint density at radius 3 is 2.71 bits per heavy atom. The molecule has 0 aliphatic rings. The number of hydrogen-bond acceptors (Lipinski definition) is 4. The molecule has 4 nitrogen and oxygen atoms in total. The molecule has 0 radical (unpaired) electrons. The highest BCUT2D eigenvalue weighted by atomic mass is 32.1. The molecule has 0 saturated carbocycles. The fourth-order valence-corrected chi connectivity index (χ4v) is 4.80. The van der Waals surface area contributed by atoms with Crippen LogP contribution in [0.25, 0.3) is 32.2 Å². The Labute approximate surface area is 167 Å². The second-order valence-electron chi connectivity index (χ2n) is 6.84. The fraction of sp³-hybridized carbons (Fsp3) is 0.130. The number of rotatable bonds is 5. The van der Waals surface area contributed by atoms with Crippen molar-refractivity contribution in [3.05, 3.63) is 77.6 Å². The van der Waals surface area contributed by atoms with Crippen LogP contribution in [0, 0.1) is 6.92 Å². The third-order valence-corrected chi connectivity index (χ3v) is 6.10. The second kappa shape index (κ2) is 7.09. The standard InChI is InChI=1S/C23H20N4S/c1-15-20(16-7-3-2-4-8-16)21-22(26-14-27-23(21)28-15)24-12-11-17-13-25-19-10-6-5-9-18(17)19/h2-10,13-14,25H,11-12H2,1H3,(H,24,26,27). The first kappa shape index (κ1) is 17.0. The number of nitrogens with zero attached hydrogens (tertiary/aromatic N) is 2. The van der Waals surface area contributed by atoms with E-state index in [0.29, 0.717) is 0 Å². The zero-order chi connectivity index (χ0) is 18.9. The maximum absolute atomic E-state index is 4.56. The topological polar surface area (TPSA) is 53.6 Å². The largest absolute Gasteiger partial charge is 0.369 e. The Morgan fingerprint density at radius 1 is 1.00 bits per heavy atom. The van der Waals surface area contributed by atoms with Gasteiger partial charge in [0.25, 0.3) is 0 Å². The van der Waals surface area contributed by atoms with E-state index in [1.165, 1.54) is 32.5 Å². The van der Waals surface area contributed by atoms with Gasteiger partial charge in [-0.1, -0.05) is 48.5 Å². The maximum Gasteiger partial charge on any atom is 0.138 e. The molecule has 5 rings (SSSR count). The number of nitrogens with one attached hydrogen (secondary N) is 2. The zero-order valence-corrected chi connectivity index (χ0v) is 16.4. The Hall–Kier alpha value is -3.18. The van der Waals surface area contributed by atoms with Gasteiger partial charge in [-0.05, 0) is 30.5 Å². The first-order valence-corrected chi connectivity index (χ1v) is 10.2. The lowest BCUT2D eigenvalue weighted by Crippen LogP contribution is -2.06. The van der Waals surface area contributed by atoms with E-state index in [4.69, 9.17) is 0 Å². The maximum atomic E-state index is 4.56. The summed E-state index contributed by atoms with van der Waals surface area (Å²) >= 11 is 1.72. The van der Waals surface area contributed by atoms with Crippen LogP contribution in [0.3, 0.4) is 0 Å². The van der Waals surface area contributed by atoms with Gasteiger partial charge in [-0.3, -0.25) is 0 Å². The minimum atomic E-state index is 0.817. The van der Waals surface area contributed by atoms with Crippen molar-refractivity contribution in [1.82, 2.24) is 15.0 Å². The highest BCUT2D eigenvalue weighted by Gasteiger charge is 2.16. The van der Waals surface area contributed by atoms with Crippen LogP contribution in [0.15, 0.2) is 67.1 Å². The third kappa shape index (κ3) is 2.94. The number of aromatic nitrogens is 3. The molecule has 0 saturated heterocycles. The predicted molar refractivity (Wildman–Crippen MR) is 118 cm³/mol. The average Bonchev–Trinajstić information content (AvgIpc) is 3.29. The molecule has 2 aromatic carbocycles. The monoisotopic (exact) mass is 384 g/mol. The van der Waals surface area contributed by atoms with E-state index < -0.39 is 0 Å². The van der Waals surface area contributed by atoms with Crippen LogP contribution in [0.4, 0.5) is 5.82 Å². The van der Waals surface area contributed by atoms with Crippen molar-refractivity contribution in [2.24, 2.45) is 0 Å². The smallest absolute Gasteiger partial charge is 0.138 e. The molecule has 0 unspecified atom stereocenters. The number of aryl methyl sites for hydroxylation is 1. The summed E-state index contributed by atoms with van der Waals surface area (Å²) in [6.45, 7) is 2.97. The Morgan fingerprint density at radius 2 is 1.82 bits per heavy atom. The lowest BCUT2D eigenvalue weighted by Gasteiger charge is -2.09. The molecule has 0 atom stereocenters. The van der Waals surface area contributed by atoms with Crippen LogP contribution in [-0.4, -0.2) is 21.5 Å². The minimum Gasteiger partial charge on any atom is -0.369 e. The number of anilines is 1. The Bertz CT molecular complexity index is 1250. The molecule has 0 bridgehead atoms. The third-order valence-electron chi connectivity index (χ3n) is 5.09. The van der Waals surface area contributed by atoms with Gasteiger partial charge in [0.05, 0.1) is 5.39 Å². The Kier molecular flexibility index (Phi) is 4.29. The molecule has 138 valence electrons. The summed E-state index contributed by atoms with van der Waals surface area (Å²) in [6, 6.07) is 18.9. The van der Waals surface area contributed by atoms with Crippen LogP contribution < -0.4 is 5.32 Å². The van der Waals surface area contributed by atoms with Crippen molar-refractivity contribution < 1.29 is 0 Å². The molecule has 0 fully saturated rings. The summed E-state index contributed by atoms with van der Waals surface area (Å²) in [7, 11) is 0. The van der Waals surface area contributed by atoms with Gasteiger partial charge >= 0.3 is 0 Å². The number of benzene rings is 2. The van der Waals surface area contributed by atoms with Gasteiger partial charge in [-0.25, -0.2) is 9.97 Å². The quantitative estimate of drug-likeness (QED) is 0.402. The summed E-state index contributed by atoms with van der Waals surface area (Å²) in [5, 5.41) is 5.96. The van der Waals surface area contributed by atoms with E-state index in [0.717, 1.165) is 29.0 Å². The van der Waals surface area contributed by atoms with Crippen molar-refractivity contribution in [2.45, 2.75) is 13.3 Å². The summed E-state index contributed by atoms with van der Waals surface area (Å²) in [5.41, 5.74) is 4.94. The van der Waals surface area contributed by atoms with Gasteiger partial charge in [-0.2, -0.15) is 0 Å². The zero-order valence-electron chi connectivity index (χ0n) is 15.6. The van der Waals surface area contributed by atoms with Crippen molar-refractivity contribution in [3.8, 4) is 11.1 Å². The van der Waals surface area contributed by atoms with Crippen LogP contribution in [0.5, 0.6) is 0 Å². The summed E-state index contributed by atoms with van der Waals surface area (Å²) in [5.74, 6) is 0.910. The van der Waals surface area contributed by atoms with E-state index in [2.05, 4.69) is 81.9 Å². The summed E-state index contributed by atoms with van der Waals surface area (Å²) in [4.78, 5) is 14.7. The lowest BCUT2D eigenvalue weighted by molar-refractivity contribution is 1.01. The number of hydrogen-bond donors (Lipinski definition) is 2. The molecule has 3 aromatic heterocycles. The van der Waals surface area contributed by atoms with E-state index >= 15 is 0 Å². The SMILES string of the molecule is Cc1sc2ncnc(NCCc3c[nH]c4ccccc34)c2c1-c1ccccc1. The van der Waals surface area contributed by atoms with Crippen LogP contribution >= 0.6 is 11.3 Å². The van der Waals surface area contributed by atoms with Crippen molar-refractivity contribution in [1.29, 1.82) is 0 Å². The van der Waals surface area contributed by atoms with Gasteiger partial charge in [-0.15, -0.1) is 11.3 Å². The van der Waals surface area contributed by atoms with Gasteiger partial charge in [0, 0.05) is 34.1 Å². The van der Waals surface area contributed by atoms with Gasteiger partial charge < -0.3 is 10.3 Å². The highest BCUT2D eigenvalue weighted by Crippen LogP contribution is 2.40. The lowest BCUT2D eigenvalue weighted by atomic mass is 10.0. The van der Waals surface area contributed by atoms with Crippen molar-refractivity contribution in [2.75, 3.05) is 11.9 Å². The Balaban J connectivity index is 1.46. The number of H-pyrrole nitrogens is 1. The molecule has 3 heterocycles.